The molecule has 0 radical (unpaired) electrons. The fourth-order valence-corrected chi connectivity index (χ4v) is 2.55. The fourth-order valence-electron chi connectivity index (χ4n) is 2.55. The van der Waals surface area contributed by atoms with Crippen molar-refractivity contribution in [3.05, 3.63) is 66.2 Å². The number of anilines is 3. The van der Waals surface area contributed by atoms with E-state index in [9.17, 15) is 4.39 Å². The van der Waals surface area contributed by atoms with Gasteiger partial charge in [-0.05, 0) is 36.2 Å². The van der Waals surface area contributed by atoms with Crippen molar-refractivity contribution in [1.29, 1.82) is 0 Å². The number of nitrogens with zero attached hydrogens (tertiary/aromatic N) is 2. The Bertz CT molecular complexity index is 887. The Balaban J connectivity index is 1.62. The molecular formula is C20H21FN4O2. The summed E-state index contributed by atoms with van der Waals surface area (Å²) in [5.41, 5.74) is 1.83. The first kappa shape index (κ1) is 18.4. The number of nitrogens with one attached hydrogen (secondary N) is 2. The van der Waals surface area contributed by atoms with E-state index in [4.69, 9.17) is 9.47 Å². The van der Waals surface area contributed by atoms with Gasteiger partial charge in [0.25, 0.3) is 0 Å². The van der Waals surface area contributed by atoms with Gasteiger partial charge >= 0.3 is 0 Å². The molecule has 1 heterocycles. The lowest BCUT2D eigenvalue weighted by molar-refractivity contribution is 0.395. The van der Waals surface area contributed by atoms with Crippen LogP contribution >= 0.6 is 0 Å². The molecule has 0 atom stereocenters. The van der Waals surface area contributed by atoms with E-state index in [0.717, 1.165) is 17.7 Å². The maximum atomic E-state index is 12.9. The van der Waals surface area contributed by atoms with Crippen molar-refractivity contribution in [1.82, 2.24) is 9.97 Å². The Morgan fingerprint density at radius 3 is 2.44 bits per heavy atom. The summed E-state index contributed by atoms with van der Waals surface area (Å²) in [6.07, 6.45) is 2.25. The molecule has 0 aliphatic heterocycles. The minimum atomic E-state index is -0.229. The first-order valence-electron chi connectivity index (χ1n) is 8.47. The highest BCUT2D eigenvalue weighted by Gasteiger charge is 2.07. The first-order valence-corrected chi connectivity index (χ1v) is 8.47. The highest BCUT2D eigenvalue weighted by Crippen LogP contribution is 2.31. The summed E-state index contributed by atoms with van der Waals surface area (Å²) in [6, 6.07) is 13.8. The van der Waals surface area contributed by atoms with Crippen LogP contribution in [0.5, 0.6) is 11.5 Å². The lowest BCUT2D eigenvalue weighted by Crippen LogP contribution is -2.07. The van der Waals surface area contributed by atoms with Crippen LogP contribution in [0.2, 0.25) is 0 Å². The lowest BCUT2D eigenvalue weighted by Gasteiger charge is -2.12. The molecule has 3 aromatic rings. The van der Waals surface area contributed by atoms with Crippen LogP contribution in [0.3, 0.4) is 0 Å². The van der Waals surface area contributed by atoms with E-state index in [1.54, 1.807) is 32.4 Å². The van der Waals surface area contributed by atoms with Crippen LogP contribution in [0.4, 0.5) is 21.7 Å². The predicted octanol–water partition coefficient (Wildman–Crippen LogP) is 4.03. The summed E-state index contributed by atoms with van der Waals surface area (Å²) in [5.74, 6) is 2.47. The zero-order chi connectivity index (χ0) is 19.1. The molecule has 6 nitrogen and oxygen atoms in total. The van der Waals surface area contributed by atoms with Crippen LogP contribution in [0.25, 0.3) is 0 Å². The van der Waals surface area contributed by atoms with Crippen molar-refractivity contribution in [2.24, 2.45) is 0 Å². The van der Waals surface area contributed by atoms with Gasteiger partial charge in [-0.15, -0.1) is 0 Å². The minimum Gasteiger partial charge on any atom is -0.497 e. The molecule has 0 aliphatic rings. The van der Waals surface area contributed by atoms with Crippen molar-refractivity contribution >= 4 is 17.3 Å². The second-order valence-electron chi connectivity index (χ2n) is 5.78. The standard InChI is InChI=1S/C20H21FN4O2/c1-26-16-7-8-17(18(11-16)27-2)25-20-12-19(23-13-24-20)22-10-9-14-3-5-15(21)6-4-14/h3-8,11-13H,9-10H2,1-2H3,(H2,22,23,24,25). The largest absolute Gasteiger partial charge is 0.497 e. The van der Waals surface area contributed by atoms with Gasteiger partial charge in [-0.3, -0.25) is 0 Å². The molecule has 2 aromatic carbocycles. The smallest absolute Gasteiger partial charge is 0.146 e. The molecule has 140 valence electrons. The van der Waals surface area contributed by atoms with Gasteiger partial charge in [0, 0.05) is 18.7 Å². The highest BCUT2D eigenvalue weighted by molar-refractivity contribution is 5.66. The van der Waals surface area contributed by atoms with Gasteiger partial charge in [0.15, 0.2) is 0 Å². The van der Waals surface area contributed by atoms with Crippen LogP contribution in [-0.4, -0.2) is 30.7 Å². The topological polar surface area (TPSA) is 68.3 Å². The number of hydrogen-bond acceptors (Lipinski definition) is 6. The van der Waals surface area contributed by atoms with Gasteiger partial charge in [-0.25, -0.2) is 14.4 Å². The van der Waals surface area contributed by atoms with Gasteiger partial charge in [-0.2, -0.15) is 0 Å². The second kappa shape index (κ2) is 8.84. The van der Waals surface area contributed by atoms with E-state index in [1.807, 2.05) is 18.2 Å². The van der Waals surface area contributed by atoms with Crippen LogP contribution in [0.15, 0.2) is 54.9 Å². The third-order valence-electron chi connectivity index (χ3n) is 3.97. The summed E-state index contributed by atoms with van der Waals surface area (Å²) in [6.45, 7) is 0.675. The SMILES string of the molecule is COc1ccc(Nc2cc(NCCc3ccc(F)cc3)ncn2)c(OC)c1. The van der Waals surface area contributed by atoms with E-state index < -0.39 is 0 Å². The summed E-state index contributed by atoms with van der Waals surface area (Å²) < 4.78 is 23.5. The number of methoxy groups -OCH3 is 2. The maximum absolute atomic E-state index is 12.9. The molecule has 0 unspecified atom stereocenters. The van der Waals surface area contributed by atoms with Crippen molar-refractivity contribution in [2.75, 3.05) is 31.4 Å². The zero-order valence-electron chi connectivity index (χ0n) is 15.2. The van der Waals surface area contributed by atoms with E-state index in [2.05, 4.69) is 20.6 Å². The molecule has 0 aliphatic carbocycles. The quantitative estimate of drug-likeness (QED) is 0.626. The van der Waals surface area contributed by atoms with Crippen LogP contribution in [0, 0.1) is 5.82 Å². The van der Waals surface area contributed by atoms with Gasteiger partial charge in [-0.1, -0.05) is 12.1 Å². The van der Waals surface area contributed by atoms with E-state index >= 15 is 0 Å². The molecule has 2 N–H and O–H groups in total. The Morgan fingerprint density at radius 2 is 1.70 bits per heavy atom. The van der Waals surface area contributed by atoms with Crippen molar-refractivity contribution < 1.29 is 13.9 Å². The lowest BCUT2D eigenvalue weighted by atomic mass is 10.1. The first-order chi connectivity index (χ1) is 13.2. The molecule has 0 saturated heterocycles. The molecule has 0 bridgehead atoms. The van der Waals surface area contributed by atoms with Crippen LogP contribution in [0.1, 0.15) is 5.56 Å². The molecule has 7 heteroatoms. The van der Waals surface area contributed by atoms with Crippen molar-refractivity contribution in [2.45, 2.75) is 6.42 Å². The number of ether oxygens (including phenoxy) is 2. The fraction of sp³-hybridized carbons (Fsp3) is 0.200. The maximum Gasteiger partial charge on any atom is 0.146 e. The summed E-state index contributed by atoms with van der Waals surface area (Å²) in [4.78, 5) is 8.46. The Morgan fingerprint density at radius 1 is 0.926 bits per heavy atom. The molecule has 27 heavy (non-hydrogen) atoms. The van der Waals surface area contributed by atoms with E-state index in [1.165, 1.54) is 18.5 Å². The summed E-state index contributed by atoms with van der Waals surface area (Å²) in [7, 11) is 3.21. The summed E-state index contributed by atoms with van der Waals surface area (Å²) in [5, 5.41) is 6.46. The number of hydrogen-bond donors (Lipinski definition) is 2. The summed E-state index contributed by atoms with van der Waals surface area (Å²) >= 11 is 0. The van der Waals surface area contributed by atoms with E-state index in [-0.39, 0.29) is 5.82 Å². The number of rotatable bonds is 8. The van der Waals surface area contributed by atoms with Crippen molar-refractivity contribution in [3.63, 3.8) is 0 Å². The molecule has 0 saturated carbocycles. The number of aromatic nitrogens is 2. The normalized spacial score (nSPS) is 10.3. The zero-order valence-corrected chi connectivity index (χ0v) is 15.2. The molecule has 0 fully saturated rings. The van der Waals surface area contributed by atoms with Gasteiger partial charge in [0.05, 0.1) is 19.9 Å². The Hall–Kier alpha value is -3.35. The molecule has 1 aromatic heterocycles. The van der Waals surface area contributed by atoms with Gasteiger partial charge in [0.1, 0.15) is 35.3 Å². The van der Waals surface area contributed by atoms with E-state index in [0.29, 0.717) is 29.7 Å². The second-order valence-corrected chi connectivity index (χ2v) is 5.78. The Kier molecular flexibility index (Phi) is 6.04. The predicted molar refractivity (Wildman–Crippen MR) is 103 cm³/mol. The molecule has 0 amide bonds. The van der Waals surface area contributed by atoms with Crippen LogP contribution in [-0.2, 0) is 6.42 Å². The molecule has 3 rings (SSSR count). The molecular weight excluding hydrogens is 347 g/mol. The van der Waals surface area contributed by atoms with Gasteiger partial charge in [0.2, 0.25) is 0 Å². The third kappa shape index (κ3) is 5.07. The van der Waals surface area contributed by atoms with Gasteiger partial charge < -0.3 is 20.1 Å². The number of benzene rings is 2. The average molecular weight is 368 g/mol. The average Bonchev–Trinajstić information content (AvgIpc) is 2.70. The molecule has 0 spiro atoms. The monoisotopic (exact) mass is 368 g/mol. The minimum absolute atomic E-state index is 0.229. The highest BCUT2D eigenvalue weighted by atomic mass is 19.1. The van der Waals surface area contributed by atoms with Crippen molar-refractivity contribution in [3.8, 4) is 11.5 Å². The number of halogens is 1. The third-order valence-corrected chi connectivity index (χ3v) is 3.97. The van der Waals surface area contributed by atoms with Crippen LogP contribution < -0.4 is 20.1 Å². The Labute approximate surface area is 157 Å².